The molecule has 0 bridgehead atoms. The first-order chi connectivity index (χ1) is 17.4. The Hall–Kier alpha value is -4.91. The Morgan fingerprint density at radius 2 is 1.39 bits per heavy atom. The highest BCUT2D eigenvalue weighted by Crippen LogP contribution is 2.49. The lowest BCUT2D eigenvalue weighted by atomic mass is 9.73. The van der Waals surface area contributed by atoms with E-state index >= 15 is 0 Å². The van der Waals surface area contributed by atoms with E-state index in [1.807, 2.05) is 12.1 Å². The number of para-hydroxylation sites is 2. The summed E-state index contributed by atoms with van der Waals surface area (Å²) in [4.78, 5) is 42.1. The Bertz CT molecular complexity index is 1470. The van der Waals surface area contributed by atoms with E-state index in [1.165, 1.54) is 23.1 Å². The summed E-state index contributed by atoms with van der Waals surface area (Å²) in [5.74, 6) is -1.73. The van der Waals surface area contributed by atoms with Crippen LogP contribution in [-0.4, -0.2) is 29.9 Å². The summed E-state index contributed by atoms with van der Waals surface area (Å²) in [5.41, 5.74) is 0.489. The van der Waals surface area contributed by atoms with E-state index in [4.69, 9.17) is 0 Å². The van der Waals surface area contributed by atoms with Crippen LogP contribution in [0.4, 0.5) is 17.1 Å². The number of fused-ring (bicyclic) bond motifs is 1. The molecular weight excluding hydrogens is 454 g/mol. The molecule has 1 aliphatic heterocycles. The number of phenolic OH excluding ortho intramolecular Hbond substituents is 1. The Morgan fingerprint density at radius 3 is 2.11 bits per heavy atom. The molecule has 3 amide bonds. The van der Waals surface area contributed by atoms with Gasteiger partial charge in [0, 0.05) is 40.8 Å². The van der Waals surface area contributed by atoms with Crippen molar-refractivity contribution in [2.24, 2.45) is 0 Å². The molecule has 36 heavy (non-hydrogen) atoms. The lowest BCUT2D eigenvalue weighted by molar-refractivity contribution is -0.130. The molecule has 0 aromatic heterocycles. The second-order valence-corrected chi connectivity index (χ2v) is 8.50. The second kappa shape index (κ2) is 9.03. The summed E-state index contributed by atoms with van der Waals surface area (Å²) in [5, 5.41) is 16.6. The van der Waals surface area contributed by atoms with Gasteiger partial charge in [-0.2, -0.15) is 0 Å². The van der Waals surface area contributed by atoms with Gasteiger partial charge in [0.05, 0.1) is 0 Å². The summed E-state index contributed by atoms with van der Waals surface area (Å²) in [6.07, 6.45) is 0. The normalized spacial score (nSPS) is 16.4. The molecule has 0 saturated heterocycles. The number of benzene rings is 4. The maximum Gasteiger partial charge on any atom is 0.255 e. The van der Waals surface area contributed by atoms with Crippen molar-refractivity contribution in [1.82, 2.24) is 0 Å². The molecule has 7 nitrogen and oxygen atoms in total. The zero-order valence-corrected chi connectivity index (χ0v) is 19.4. The molecular formula is C29H23N3O4. The highest BCUT2D eigenvalue weighted by atomic mass is 16.3. The van der Waals surface area contributed by atoms with Crippen LogP contribution in [-0.2, 0) is 15.0 Å². The van der Waals surface area contributed by atoms with Gasteiger partial charge in [0.2, 0.25) is 5.91 Å². The molecule has 0 unspecified atom stereocenters. The van der Waals surface area contributed by atoms with Crippen LogP contribution in [0.1, 0.15) is 21.5 Å². The largest absolute Gasteiger partial charge is 0.508 e. The number of nitrogens with one attached hydrogen (secondary N) is 2. The van der Waals surface area contributed by atoms with Crippen molar-refractivity contribution in [2.75, 3.05) is 22.6 Å². The van der Waals surface area contributed by atoms with Crippen LogP contribution in [0.3, 0.4) is 0 Å². The second-order valence-electron chi connectivity index (χ2n) is 8.50. The highest BCUT2D eigenvalue weighted by molar-refractivity contribution is 6.27. The van der Waals surface area contributed by atoms with Gasteiger partial charge in [-0.3, -0.25) is 14.4 Å². The molecule has 1 atom stereocenters. The summed E-state index contributed by atoms with van der Waals surface area (Å²) in [6.45, 7) is 0. The third-order valence-corrected chi connectivity index (χ3v) is 6.36. The minimum Gasteiger partial charge on any atom is -0.508 e. The quantitative estimate of drug-likeness (QED) is 0.290. The summed E-state index contributed by atoms with van der Waals surface area (Å²) in [6, 6.07) is 28.8. The predicted octanol–water partition coefficient (Wildman–Crippen LogP) is 4.55. The number of aromatic hydroxyl groups is 1. The number of phenols is 1. The van der Waals surface area contributed by atoms with E-state index in [9.17, 15) is 19.5 Å². The van der Waals surface area contributed by atoms with Crippen molar-refractivity contribution in [1.29, 1.82) is 0 Å². The molecule has 4 aromatic carbocycles. The Morgan fingerprint density at radius 1 is 0.750 bits per heavy atom. The number of carbonyl (C=O) groups is 3. The summed E-state index contributed by atoms with van der Waals surface area (Å²) in [7, 11) is 1.59. The van der Waals surface area contributed by atoms with Crippen LogP contribution >= 0.6 is 0 Å². The van der Waals surface area contributed by atoms with Gasteiger partial charge in [-0.1, -0.05) is 54.6 Å². The fraction of sp³-hybridized carbons (Fsp3) is 0.0690. The molecule has 0 radical (unpaired) electrons. The fourth-order valence-corrected chi connectivity index (χ4v) is 4.61. The molecule has 0 spiro atoms. The third kappa shape index (κ3) is 3.67. The van der Waals surface area contributed by atoms with E-state index in [2.05, 4.69) is 10.6 Å². The number of anilines is 3. The first-order valence-corrected chi connectivity index (χ1v) is 11.4. The first-order valence-electron chi connectivity index (χ1n) is 11.4. The van der Waals surface area contributed by atoms with Crippen LogP contribution in [0.15, 0.2) is 103 Å². The maximum atomic E-state index is 14.0. The summed E-state index contributed by atoms with van der Waals surface area (Å²) >= 11 is 0. The zero-order valence-electron chi connectivity index (χ0n) is 19.4. The molecule has 0 saturated carbocycles. The van der Waals surface area contributed by atoms with Gasteiger partial charge in [-0.15, -0.1) is 0 Å². The average Bonchev–Trinajstić information content (AvgIpc) is 3.13. The number of carbonyl (C=O) groups excluding carboxylic acids is 3. The molecule has 178 valence electrons. The molecule has 1 heterocycles. The first kappa shape index (κ1) is 22.9. The van der Waals surface area contributed by atoms with Gasteiger partial charge in [-0.25, -0.2) is 0 Å². The highest BCUT2D eigenvalue weighted by Gasteiger charge is 2.58. The van der Waals surface area contributed by atoms with Crippen molar-refractivity contribution in [2.45, 2.75) is 5.41 Å². The number of rotatable bonds is 5. The molecule has 4 aromatic rings. The van der Waals surface area contributed by atoms with Crippen LogP contribution in [0.2, 0.25) is 0 Å². The maximum absolute atomic E-state index is 14.0. The van der Waals surface area contributed by atoms with E-state index in [1.54, 1.807) is 79.8 Å². The number of hydrogen-bond acceptors (Lipinski definition) is 4. The molecule has 1 aliphatic rings. The average molecular weight is 478 g/mol. The molecule has 5 rings (SSSR count). The van der Waals surface area contributed by atoms with E-state index in [0.717, 1.165) is 0 Å². The van der Waals surface area contributed by atoms with Crippen LogP contribution in [0.5, 0.6) is 5.75 Å². The fourth-order valence-electron chi connectivity index (χ4n) is 4.61. The number of likely N-dealkylation sites (N-methyl/N-ethyl adjacent to an activating group) is 1. The number of nitrogens with zero attached hydrogens (tertiary/aromatic N) is 1. The molecule has 0 aliphatic carbocycles. The molecule has 7 heteroatoms. The minimum atomic E-state index is -1.88. The minimum absolute atomic E-state index is 0.0728. The zero-order chi connectivity index (χ0) is 25.3. The Balaban J connectivity index is 1.65. The van der Waals surface area contributed by atoms with Crippen molar-refractivity contribution < 1.29 is 19.5 Å². The lowest BCUT2D eigenvalue weighted by Crippen LogP contribution is -2.49. The molecule has 0 fully saturated rings. The smallest absolute Gasteiger partial charge is 0.255 e. The number of amides is 3. The predicted molar refractivity (Wildman–Crippen MR) is 138 cm³/mol. The van der Waals surface area contributed by atoms with Crippen molar-refractivity contribution in [3.8, 4) is 5.75 Å². The standard InChI is InChI=1S/C29H23N3O4/c1-32-24-15-9-8-14-22(24)29(28(32)36,27(35)31-20-12-6-3-7-13-20)23-18-21(16-17-25(23)33)30-26(34)19-10-4-2-5-11-19/h2-18,33H,1H3,(H,30,34)(H,31,35)/t29-/m0/s1. The van der Waals surface area contributed by atoms with Crippen LogP contribution in [0.25, 0.3) is 0 Å². The SMILES string of the molecule is CN1C(=O)[C@](C(=O)Nc2ccccc2)(c2cc(NC(=O)c3ccccc3)ccc2O)c2ccccc21. The number of hydrogen-bond donors (Lipinski definition) is 3. The Kier molecular flexibility index (Phi) is 5.74. The van der Waals surface area contributed by atoms with Crippen molar-refractivity contribution in [3.05, 3.63) is 120 Å². The molecule has 3 N–H and O–H groups in total. The van der Waals surface area contributed by atoms with Gasteiger partial charge >= 0.3 is 0 Å². The van der Waals surface area contributed by atoms with E-state index in [-0.39, 0.29) is 17.2 Å². The third-order valence-electron chi connectivity index (χ3n) is 6.36. The van der Waals surface area contributed by atoms with E-state index in [0.29, 0.717) is 28.2 Å². The van der Waals surface area contributed by atoms with Gasteiger partial charge < -0.3 is 20.6 Å². The van der Waals surface area contributed by atoms with Gasteiger partial charge in [0.1, 0.15) is 5.75 Å². The van der Waals surface area contributed by atoms with Crippen LogP contribution in [0, 0.1) is 0 Å². The monoisotopic (exact) mass is 477 g/mol. The van der Waals surface area contributed by atoms with E-state index < -0.39 is 17.2 Å². The van der Waals surface area contributed by atoms with Crippen LogP contribution < -0.4 is 15.5 Å². The Labute approximate surface area is 208 Å². The summed E-state index contributed by atoms with van der Waals surface area (Å²) < 4.78 is 0. The van der Waals surface area contributed by atoms with Crippen molar-refractivity contribution in [3.63, 3.8) is 0 Å². The lowest BCUT2D eigenvalue weighted by Gasteiger charge is -2.29. The topological polar surface area (TPSA) is 98.7 Å². The van der Waals surface area contributed by atoms with Gasteiger partial charge in [-0.05, 0) is 48.5 Å². The van der Waals surface area contributed by atoms with Gasteiger partial charge in [0.15, 0.2) is 5.41 Å². The van der Waals surface area contributed by atoms with Gasteiger partial charge in [0.25, 0.3) is 11.8 Å². The van der Waals surface area contributed by atoms with Crippen molar-refractivity contribution >= 4 is 34.8 Å².